The number of phosphoric acid groups is 1. The molecular formula is C69H127N2O7P. The highest BCUT2D eigenvalue weighted by atomic mass is 31.2. The van der Waals surface area contributed by atoms with E-state index < -0.39 is 26.6 Å². The van der Waals surface area contributed by atoms with Crippen molar-refractivity contribution in [3.63, 3.8) is 0 Å². The number of amides is 1. The number of unbranched alkanes of at least 4 members (excludes halogenated alkanes) is 34. The zero-order valence-corrected chi connectivity index (χ0v) is 53.5. The number of hydrogen-bond acceptors (Lipinski definition) is 7. The third-order valence-electron chi connectivity index (χ3n) is 14.7. The Morgan fingerprint density at radius 1 is 0.456 bits per heavy atom. The van der Waals surface area contributed by atoms with E-state index in [1.165, 1.54) is 173 Å². The van der Waals surface area contributed by atoms with Crippen LogP contribution in [0.3, 0.4) is 0 Å². The minimum atomic E-state index is -4.71. The van der Waals surface area contributed by atoms with Crippen LogP contribution in [0, 0.1) is 0 Å². The largest absolute Gasteiger partial charge is 0.756 e. The molecule has 0 aromatic heterocycles. The zero-order chi connectivity index (χ0) is 57.9. The number of rotatable bonds is 60. The molecule has 10 heteroatoms. The first kappa shape index (κ1) is 76.5. The SMILES string of the molecule is CC/C=C\C/C=C\C/C=C\C/C=C\C/C=C\CCCCCC(=O)NC(COP(=O)([O-])OCC[N+](C)(C)C)C(/C=C/CCCCCCCCCCC)OC(=O)CCCCCCCCCCCCCCCCCCCCCCCCC. The standard InChI is InChI=1S/C69H127N2O7P/c1-7-10-13-16-19-22-25-27-29-31-33-34-35-36-38-40-42-44-47-50-53-56-59-62-69(73)78-67(60-57-54-51-48-45-24-21-18-15-12-9-3)66(65-77-79(74,75)76-64-63-71(4,5)6)70-68(72)61-58-55-52-49-46-43-41-39-37-32-30-28-26-23-20-17-14-11-8-2/h11,14,20,23,28,30,37,39,43,46,57,60,66-67H,7-10,12-13,15-19,21-22,24-27,29,31-36,38,40-42,44-45,47-56,58-59,61-65H2,1-6H3,(H-,70,72,74,75)/b14-11-,23-20-,30-28-,39-37-,46-43-,60-57+. The Balaban J connectivity index is 5.14. The maximum Gasteiger partial charge on any atom is 0.306 e. The number of nitrogens with zero attached hydrogens (tertiary/aromatic N) is 1. The van der Waals surface area contributed by atoms with Crippen molar-refractivity contribution < 1.29 is 37.3 Å². The summed E-state index contributed by atoms with van der Waals surface area (Å²) < 4.78 is 30.3. The van der Waals surface area contributed by atoms with Gasteiger partial charge in [-0.25, -0.2) is 0 Å². The van der Waals surface area contributed by atoms with Crippen LogP contribution in [0.5, 0.6) is 0 Å². The molecule has 3 atom stereocenters. The molecule has 0 radical (unpaired) electrons. The lowest BCUT2D eigenvalue weighted by Gasteiger charge is -2.30. The van der Waals surface area contributed by atoms with Gasteiger partial charge in [0.05, 0.1) is 33.8 Å². The summed E-state index contributed by atoms with van der Waals surface area (Å²) in [6.45, 7) is 6.72. The number of ether oxygens (including phenoxy) is 1. The van der Waals surface area contributed by atoms with E-state index >= 15 is 0 Å². The normalized spacial score (nSPS) is 14.1. The van der Waals surface area contributed by atoms with Crippen molar-refractivity contribution in [1.29, 1.82) is 0 Å². The molecule has 3 unspecified atom stereocenters. The van der Waals surface area contributed by atoms with Crippen LogP contribution in [0.25, 0.3) is 0 Å². The van der Waals surface area contributed by atoms with E-state index in [-0.39, 0.29) is 31.3 Å². The van der Waals surface area contributed by atoms with Crippen LogP contribution < -0.4 is 10.2 Å². The summed E-state index contributed by atoms with van der Waals surface area (Å²) in [4.78, 5) is 40.0. The van der Waals surface area contributed by atoms with Gasteiger partial charge in [-0.2, -0.15) is 0 Å². The second kappa shape index (κ2) is 58.6. The molecule has 0 spiro atoms. The second-order valence-corrected chi connectivity index (χ2v) is 25.0. The minimum Gasteiger partial charge on any atom is -0.756 e. The molecule has 0 aromatic carbocycles. The van der Waals surface area contributed by atoms with E-state index in [1.807, 2.05) is 33.3 Å². The molecule has 79 heavy (non-hydrogen) atoms. The lowest BCUT2D eigenvalue weighted by Crippen LogP contribution is -2.47. The molecule has 9 nitrogen and oxygen atoms in total. The van der Waals surface area contributed by atoms with Gasteiger partial charge in [0.1, 0.15) is 19.3 Å². The van der Waals surface area contributed by atoms with Gasteiger partial charge in [-0.05, 0) is 76.7 Å². The number of nitrogens with one attached hydrogen (secondary N) is 1. The van der Waals surface area contributed by atoms with Crippen molar-refractivity contribution in [2.45, 2.75) is 315 Å². The van der Waals surface area contributed by atoms with Gasteiger partial charge in [0, 0.05) is 12.8 Å². The molecule has 0 bridgehead atoms. The minimum absolute atomic E-state index is 0.0302. The third kappa shape index (κ3) is 59.9. The lowest BCUT2D eigenvalue weighted by atomic mass is 10.0. The van der Waals surface area contributed by atoms with Gasteiger partial charge >= 0.3 is 5.97 Å². The average Bonchev–Trinajstić information content (AvgIpc) is 3.41. The highest BCUT2D eigenvalue weighted by Crippen LogP contribution is 2.38. The molecule has 0 aliphatic heterocycles. The highest BCUT2D eigenvalue weighted by Gasteiger charge is 2.27. The number of allylic oxidation sites excluding steroid dienone is 11. The Labute approximate surface area is 489 Å². The number of carbonyl (C=O) groups is 2. The number of hydrogen-bond donors (Lipinski definition) is 1. The van der Waals surface area contributed by atoms with Crippen molar-refractivity contribution in [3.05, 3.63) is 72.9 Å². The van der Waals surface area contributed by atoms with Gasteiger partial charge < -0.3 is 28.5 Å². The first-order valence-corrected chi connectivity index (χ1v) is 34.7. The fourth-order valence-corrected chi connectivity index (χ4v) is 10.3. The molecule has 460 valence electrons. The summed E-state index contributed by atoms with van der Waals surface area (Å²) in [5.74, 6) is -0.571. The van der Waals surface area contributed by atoms with Gasteiger partial charge in [-0.3, -0.25) is 14.2 Å². The summed E-state index contributed by atoms with van der Waals surface area (Å²) in [6, 6.07) is -0.907. The average molecular weight is 1130 g/mol. The molecule has 0 saturated carbocycles. The molecule has 0 heterocycles. The van der Waals surface area contributed by atoms with Crippen molar-refractivity contribution in [2.24, 2.45) is 0 Å². The molecule has 1 amide bonds. The number of likely N-dealkylation sites (N-methyl/N-ethyl adjacent to an activating group) is 1. The van der Waals surface area contributed by atoms with E-state index in [9.17, 15) is 19.0 Å². The highest BCUT2D eigenvalue weighted by molar-refractivity contribution is 7.45. The smallest absolute Gasteiger partial charge is 0.306 e. The van der Waals surface area contributed by atoms with Crippen molar-refractivity contribution >= 4 is 19.7 Å². The van der Waals surface area contributed by atoms with Crippen LogP contribution in [-0.4, -0.2) is 69.4 Å². The van der Waals surface area contributed by atoms with E-state index in [1.54, 1.807) is 0 Å². The molecular weight excluding hydrogens is 1000 g/mol. The molecule has 1 N–H and O–H groups in total. The summed E-state index contributed by atoms with van der Waals surface area (Å²) in [5, 5.41) is 3.01. The van der Waals surface area contributed by atoms with Crippen LogP contribution >= 0.6 is 7.82 Å². The zero-order valence-electron chi connectivity index (χ0n) is 52.6. The van der Waals surface area contributed by atoms with Gasteiger partial charge in [-0.1, -0.05) is 287 Å². The van der Waals surface area contributed by atoms with Gasteiger partial charge in [0.25, 0.3) is 7.82 Å². The quantitative estimate of drug-likeness (QED) is 0.0212. The van der Waals surface area contributed by atoms with Gasteiger partial charge in [-0.15, -0.1) is 0 Å². The van der Waals surface area contributed by atoms with E-state index in [4.69, 9.17) is 13.8 Å². The van der Waals surface area contributed by atoms with Crippen molar-refractivity contribution in [3.8, 4) is 0 Å². The van der Waals surface area contributed by atoms with E-state index in [0.29, 0.717) is 17.4 Å². The third-order valence-corrected chi connectivity index (χ3v) is 15.6. The first-order chi connectivity index (χ1) is 38.4. The predicted octanol–water partition coefficient (Wildman–Crippen LogP) is 20.2. The predicted molar refractivity (Wildman–Crippen MR) is 339 cm³/mol. The molecule has 0 aliphatic carbocycles. The molecule has 0 aliphatic rings. The van der Waals surface area contributed by atoms with Crippen LogP contribution in [0.2, 0.25) is 0 Å². The van der Waals surface area contributed by atoms with Crippen molar-refractivity contribution in [1.82, 2.24) is 5.32 Å². The lowest BCUT2D eigenvalue weighted by molar-refractivity contribution is -0.870. The molecule has 0 aromatic rings. The molecule has 0 fully saturated rings. The van der Waals surface area contributed by atoms with Crippen LogP contribution in [0.4, 0.5) is 0 Å². The number of esters is 1. The van der Waals surface area contributed by atoms with Crippen LogP contribution in [0.15, 0.2) is 72.9 Å². The molecule has 0 saturated heterocycles. The van der Waals surface area contributed by atoms with Crippen LogP contribution in [-0.2, 0) is 27.9 Å². The second-order valence-electron chi connectivity index (χ2n) is 23.6. The van der Waals surface area contributed by atoms with E-state index in [2.05, 4.69) is 86.8 Å². The monoisotopic (exact) mass is 1130 g/mol. The topological polar surface area (TPSA) is 114 Å². The summed E-state index contributed by atoms with van der Waals surface area (Å²) in [6.07, 6.45) is 76.0. The Hall–Kier alpha value is -2.55. The fourth-order valence-electron chi connectivity index (χ4n) is 9.55. The number of carbonyl (C=O) groups excluding carboxylic acids is 2. The Morgan fingerprint density at radius 3 is 1.23 bits per heavy atom. The van der Waals surface area contributed by atoms with Gasteiger partial charge in [0.15, 0.2) is 0 Å². The Kier molecular flexibility index (Phi) is 56.7. The summed E-state index contributed by atoms with van der Waals surface area (Å²) in [5.41, 5.74) is 0. The summed E-state index contributed by atoms with van der Waals surface area (Å²) in [7, 11) is 1.16. The first-order valence-electron chi connectivity index (χ1n) is 33.2. The maximum absolute atomic E-state index is 13.5. The number of phosphoric ester groups is 1. The fraction of sp³-hybridized carbons (Fsp3) is 0.797. The van der Waals surface area contributed by atoms with Crippen LogP contribution in [0.1, 0.15) is 303 Å². The van der Waals surface area contributed by atoms with E-state index in [0.717, 1.165) is 89.9 Å². The molecule has 0 rings (SSSR count). The summed E-state index contributed by atoms with van der Waals surface area (Å²) >= 11 is 0. The number of quaternary nitrogens is 1. The Morgan fingerprint density at radius 2 is 0.810 bits per heavy atom. The Bertz CT molecular complexity index is 1580. The van der Waals surface area contributed by atoms with Gasteiger partial charge in [0.2, 0.25) is 5.91 Å². The van der Waals surface area contributed by atoms with Crippen molar-refractivity contribution in [2.75, 3.05) is 40.9 Å². The maximum atomic E-state index is 13.5.